The van der Waals surface area contributed by atoms with Gasteiger partial charge in [0, 0.05) is 25.1 Å². The van der Waals surface area contributed by atoms with E-state index in [1.807, 2.05) is 19.1 Å². The van der Waals surface area contributed by atoms with Gasteiger partial charge in [0.05, 0.1) is 6.10 Å². The minimum Gasteiger partial charge on any atom is -0.504 e. The molecule has 0 aromatic heterocycles. The number of aryl methyl sites for hydroxylation is 1. The van der Waals surface area contributed by atoms with E-state index < -0.39 is 18.0 Å². The summed E-state index contributed by atoms with van der Waals surface area (Å²) < 4.78 is 0. The van der Waals surface area contributed by atoms with Gasteiger partial charge in [0.2, 0.25) is 5.91 Å². The average Bonchev–Trinajstić information content (AvgIpc) is 2.66. The fraction of sp³-hybridized carbons (Fsp3) is 0.333. The van der Waals surface area contributed by atoms with Crippen molar-refractivity contribution in [3.8, 4) is 11.5 Å². The maximum atomic E-state index is 11.0. The topological polar surface area (TPSA) is 153 Å². The largest absolute Gasteiger partial charge is 0.504 e. The van der Waals surface area contributed by atoms with Crippen molar-refractivity contribution in [3.05, 3.63) is 59.2 Å². The van der Waals surface area contributed by atoms with Crippen LogP contribution in [0.2, 0.25) is 0 Å². The zero-order chi connectivity index (χ0) is 22.0. The Morgan fingerprint density at radius 1 is 1.07 bits per heavy atom. The molecule has 2 aromatic rings. The van der Waals surface area contributed by atoms with E-state index in [-0.39, 0.29) is 17.5 Å². The number of hydrogen-bond donors (Lipinski definition) is 6. The van der Waals surface area contributed by atoms with Gasteiger partial charge in [0.1, 0.15) is 0 Å². The number of hydrogen-bond acceptors (Lipinski definition) is 6. The van der Waals surface area contributed by atoms with E-state index >= 15 is 0 Å². The van der Waals surface area contributed by atoms with Crippen LogP contribution in [0.1, 0.15) is 47.9 Å². The van der Waals surface area contributed by atoms with Gasteiger partial charge >= 0.3 is 0 Å². The zero-order valence-corrected chi connectivity index (χ0v) is 16.5. The molecular formula is C21H28N2O6. The highest BCUT2D eigenvalue weighted by molar-refractivity contribution is 5.92. The van der Waals surface area contributed by atoms with Gasteiger partial charge in [-0.3, -0.25) is 9.59 Å². The minimum absolute atomic E-state index is 0.177. The van der Waals surface area contributed by atoms with Crippen LogP contribution in [0.15, 0.2) is 42.5 Å². The Labute approximate surface area is 169 Å². The first-order chi connectivity index (χ1) is 13.6. The molecule has 0 saturated heterocycles. The first-order valence-corrected chi connectivity index (χ1v) is 9.11. The number of carboxylic acid groups (broad SMARTS) is 1. The van der Waals surface area contributed by atoms with Crippen LogP contribution in [0.5, 0.6) is 11.5 Å². The number of carbonyl (C=O) groups excluding carboxylic acids is 1. The van der Waals surface area contributed by atoms with Crippen LogP contribution >= 0.6 is 0 Å². The van der Waals surface area contributed by atoms with Gasteiger partial charge in [-0.15, -0.1) is 0 Å². The molecule has 29 heavy (non-hydrogen) atoms. The smallest absolute Gasteiger partial charge is 0.300 e. The number of aliphatic carboxylic acids is 1. The van der Waals surface area contributed by atoms with Crippen molar-refractivity contribution in [2.45, 2.75) is 38.8 Å². The molecule has 0 fully saturated rings. The summed E-state index contributed by atoms with van der Waals surface area (Å²) in [5, 5.41) is 39.6. The molecule has 8 nitrogen and oxygen atoms in total. The Morgan fingerprint density at radius 2 is 1.66 bits per heavy atom. The van der Waals surface area contributed by atoms with Gasteiger partial charge in [-0.2, -0.15) is 0 Å². The highest BCUT2D eigenvalue weighted by Crippen LogP contribution is 2.27. The number of aliphatic hydroxyl groups is 1. The highest BCUT2D eigenvalue weighted by atomic mass is 16.4. The number of amides is 1. The number of aliphatic hydroxyl groups excluding tert-OH is 1. The maximum absolute atomic E-state index is 11.0. The van der Waals surface area contributed by atoms with Gasteiger partial charge in [0.15, 0.2) is 11.5 Å². The second-order valence-corrected chi connectivity index (χ2v) is 6.69. The molecule has 158 valence electrons. The lowest BCUT2D eigenvalue weighted by Gasteiger charge is -2.18. The molecule has 2 aromatic carbocycles. The first-order valence-electron chi connectivity index (χ1n) is 9.11. The Balaban J connectivity index is 0.000000960. The Morgan fingerprint density at radius 3 is 2.17 bits per heavy atom. The third-order valence-electron chi connectivity index (χ3n) is 4.15. The van der Waals surface area contributed by atoms with Crippen LogP contribution in [0.25, 0.3) is 0 Å². The van der Waals surface area contributed by atoms with Gasteiger partial charge in [0.25, 0.3) is 5.97 Å². The van der Waals surface area contributed by atoms with Crippen molar-refractivity contribution in [1.29, 1.82) is 0 Å². The van der Waals surface area contributed by atoms with E-state index in [9.17, 15) is 20.1 Å². The van der Waals surface area contributed by atoms with E-state index in [1.165, 1.54) is 12.1 Å². The monoisotopic (exact) mass is 404 g/mol. The number of carbonyl (C=O) groups is 2. The van der Waals surface area contributed by atoms with Crippen molar-refractivity contribution in [3.63, 3.8) is 0 Å². The van der Waals surface area contributed by atoms with Crippen molar-refractivity contribution >= 4 is 11.9 Å². The number of benzene rings is 2. The summed E-state index contributed by atoms with van der Waals surface area (Å²) in [6, 6.07) is 11.7. The number of rotatable bonds is 8. The standard InChI is InChI=1S/C19H24N2O4.C2H4O2/c1-12(2-3-13-4-6-14(7-5-13)19(20)25)21-11-18(24)15-8-9-16(22)17(23)10-15;1-2(3)4/h4-10,12,18,21-24H,2-3,11H2,1H3,(H2,20,25);1H3,(H,3,4). The summed E-state index contributed by atoms with van der Waals surface area (Å²) in [6.45, 7) is 3.45. The number of carboxylic acids is 1. The van der Waals surface area contributed by atoms with Crippen molar-refractivity contribution in [2.75, 3.05) is 6.54 Å². The SMILES string of the molecule is CC(=O)O.CC(CCc1ccc(C(N)=O)cc1)NCC(O)c1ccc(O)c(O)c1. The van der Waals surface area contributed by atoms with Crippen molar-refractivity contribution < 1.29 is 30.0 Å². The predicted octanol–water partition coefficient (Wildman–Crippen LogP) is 1.93. The third-order valence-corrected chi connectivity index (χ3v) is 4.15. The first kappa shape index (κ1) is 23.9. The lowest BCUT2D eigenvalue weighted by Crippen LogP contribution is -2.30. The van der Waals surface area contributed by atoms with E-state index in [1.54, 1.807) is 18.2 Å². The lowest BCUT2D eigenvalue weighted by molar-refractivity contribution is -0.134. The molecule has 0 radical (unpaired) electrons. The number of phenolic OH excluding ortho intramolecular Hbond substituents is 2. The predicted molar refractivity (Wildman–Crippen MR) is 109 cm³/mol. The minimum atomic E-state index is -0.833. The van der Waals surface area contributed by atoms with Crippen LogP contribution in [0.3, 0.4) is 0 Å². The lowest BCUT2D eigenvalue weighted by atomic mass is 10.0. The van der Waals surface area contributed by atoms with Crippen molar-refractivity contribution in [2.24, 2.45) is 5.73 Å². The molecule has 0 spiro atoms. The van der Waals surface area contributed by atoms with Gasteiger partial charge in [-0.1, -0.05) is 18.2 Å². The Hall–Kier alpha value is -3.10. The normalized spacial score (nSPS) is 12.4. The third kappa shape index (κ3) is 9.09. The summed E-state index contributed by atoms with van der Waals surface area (Å²) >= 11 is 0. The van der Waals surface area contributed by atoms with Gasteiger partial charge in [-0.05, 0) is 55.2 Å². The molecule has 2 atom stereocenters. The van der Waals surface area contributed by atoms with E-state index in [0.29, 0.717) is 17.7 Å². The number of aromatic hydroxyl groups is 2. The maximum Gasteiger partial charge on any atom is 0.300 e. The summed E-state index contributed by atoms with van der Waals surface area (Å²) in [5.41, 5.74) is 7.37. The average molecular weight is 404 g/mol. The van der Waals surface area contributed by atoms with E-state index in [0.717, 1.165) is 25.3 Å². The summed E-state index contributed by atoms with van der Waals surface area (Å²) in [4.78, 5) is 20.0. The van der Waals surface area contributed by atoms with Crippen LogP contribution in [0.4, 0.5) is 0 Å². The molecular weight excluding hydrogens is 376 g/mol. The molecule has 0 aliphatic carbocycles. The molecule has 0 bridgehead atoms. The molecule has 7 N–H and O–H groups in total. The molecule has 2 unspecified atom stereocenters. The summed E-state index contributed by atoms with van der Waals surface area (Å²) in [6.07, 6.45) is 0.927. The van der Waals surface area contributed by atoms with Crippen LogP contribution in [-0.2, 0) is 11.2 Å². The summed E-state index contributed by atoms with van der Waals surface area (Å²) in [5.74, 6) is -1.72. The van der Waals surface area contributed by atoms with Crippen LogP contribution < -0.4 is 11.1 Å². The zero-order valence-electron chi connectivity index (χ0n) is 16.5. The molecule has 8 heteroatoms. The van der Waals surface area contributed by atoms with Crippen molar-refractivity contribution in [1.82, 2.24) is 5.32 Å². The number of nitrogens with one attached hydrogen (secondary N) is 1. The molecule has 0 saturated carbocycles. The number of primary amides is 1. The second kappa shape index (κ2) is 11.7. The fourth-order valence-corrected chi connectivity index (χ4v) is 2.50. The van der Waals surface area contributed by atoms with Gasteiger partial charge < -0.3 is 31.5 Å². The van der Waals surface area contributed by atoms with Gasteiger partial charge in [-0.25, -0.2) is 0 Å². The number of nitrogens with two attached hydrogens (primary N) is 1. The molecule has 0 heterocycles. The van der Waals surface area contributed by atoms with Crippen LogP contribution in [-0.4, -0.2) is 44.9 Å². The fourth-order valence-electron chi connectivity index (χ4n) is 2.50. The summed E-state index contributed by atoms with van der Waals surface area (Å²) in [7, 11) is 0. The number of phenols is 2. The Bertz CT molecular complexity index is 803. The quantitative estimate of drug-likeness (QED) is 0.368. The van der Waals surface area contributed by atoms with E-state index in [4.69, 9.17) is 15.6 Å². The second-order valence-electron chi connectivity index (χ2n) is 6.69. The van der Waals surface area contributed by atoms with Crippen LogP contribution in [0, 0.1) is 0 Å². The molecule has 2 rings (SSSR count). The Kier molecular flexibility index (Phi) is 9.64. The molecule has 0 aliphatic rings. The molecule has 1 amide bonds. The van der Waals surface area contributed by atoms with E-state index in [2.05, 4.69) is 5.32 Å². The molecule has 0 aliphatic heterocycles. The highest BCUT2D eigenvalue weighted by Gasteiger charge is 2.12.